The van der Waals surface area contributed by atoms with E-state index in [2.05, 4.69) is 55.8 Å². The highest BCUT2D eigenvalue weighted by molar-refractivity contribution is 7.90. The lowest BCUT2D eigenvalue weighted by molar-refractivity contribution is -0.384. The lowest BCUT2D eigenvalue weighted by Crippen LogP contribution is -2.50. The summed E-state index contributed by atoms with van der Waals surface area (Å²) in [5.74, 6) is -0.518. The SMILES string of the molecule is CC1(C)CCC(CN2CCN(c3ccc(C(=O)NS(=O)(=O)c4ccc(NCC5(N)CCOCC5)c([N+](=O)[O-])c4)c(N4CCOc5nc6[nH]ccc6cc54)c3)CC2)=C(c2ccc(Cl)cc2)C1. The van der Waals surface area contributed by atoms with Crippen molar-refractivity contribution < 1.29 is 27.6 Å². The van der Waals surface area contributed by atoms with Crippen LogP contribution in [-0.4, -0.2) is 105 Å². The van der Waals surface area contributed by atoms with Crippen LogP contribution in [0.3, 0.4) is 0 Å². The van der Waals surface area contributed by atoms with Gasteiger partial charge in [0.2, 0.25) is 5.88 Å². The fourth-order valence-corrected chi connectivity index (χ4v) is 10.4. The molecule has 2 saturated heterocycles. The maximum Gasteiger partial charge on any atom is 0.293 e. The lowest BCUT2D eigenvalue weighted by Gasteiger charge is -2.39. The van der Waals surface area contributed by atoms with Crippen molar-refractivity contribution in [2.45, 2.75) is 56.4 Å². The van der Waals surface area contributed by atoms with Gasteiger partial charge in [-0.05, 0) is 103 Å². The third-order valence-corrected chi connectivity index (χ3v) is 14.8. The molecule has 0 radical (unpaired) electrons. The van der Waals surface area contributed by atoms with Crippen molar-refractivity contribution in [1.29, 1.82) is 0 Å². The Morgan fingerprint density at radius 3 is 2.48 bits per heavy atom. The second kappa shape index (κ2) is 17.9. The minimum atomic E-state index is -4.59. The van der Waals surface area contributed by atoms with Crippen LogP contribution in [0.5, 0.6) is 5.88 Å². The zero-order valence-electron chi connectivity index (χ0n) is 36.6. The van der Waals surface area contributed by atoms with Crippen LogP contribution >= 0.6 is 11.6 Å². The molecule has 0 bridgehead atoms. The Morgan fingerprint density at radius 1 is 0.954 bits per heavy atom. The van der Waals surface area contributed by atoms with Gasteiger partial charge in [0, 0.05) is 86.4 Å². The maximum atomic E-state index is 14.3. The highest BCUT2D eigenvalue weighted by Crippen LogP contribution is 2.44. The zero-order chi connectivity index (χ0) is 45.5. The van der Waals surface area contributed by atoms with E-state index in [1.807, 2.05) is 41.3 Å². The lowest BCUT2D eigenvalue weighted by atomic mass is 9.72. The Morgan fingerprint density at radius 2 is 1.72 bits per heavy atom. The summed E-state index contributed by atoms with van der Waals surface area (Å²) in [5, 5.41) is 16.8. The van der Waals surface area contributed by atoms with E-state index in [0.717, 1.165) is 74.1 Å². The van der Waals surface area contributed by atoms with Gasteiger partial charge in [0.25, 0.3) is 21.6 Å². The van der Waals surface area contributed by atoms with E-state index < -0.39 is 37.0 Å². The van der Waals surface area contributed by atoms with E-state index >= 15 is 0 Å². The van der Waals surface area contributed by atoms with Crippen molar-refractivity contribution >= 4 is 72.6 Å². The normalized spacial score (nSPS) is 18.8. The monoisotopic (exact) mass is 923 g/mol. The van der Waals surface area contributed by atoms with Gasteiger partial charge in [0.1, 0.15) is 23.6 Å². The van der Waals surface area contributed by atoms with Gasteiger partial charge in [-0.3, -0.25) is 19.8 Å². The van der Waals surface area contributed by atoms with Crippen LogP contribution in [0.2, 0.25) is 5.02 Å². The van der Waals surface area contributed by atoms with Crippen molar-refractivity contribution in [2.24, 2.45) is 11.1 Å². The number of pyridine rings is 1. The molecule has 65 heavy (non-hydrogen) atoms. The third-order valence-electron chi connectivity index (χ3n) is 13.2. The molecule has 3 aromatic carbocycles. The van der Waals surface area contributed by atoms with E-state index in [-0.39, 0.29) is 29.8 Å². The molecule has 5 heterocycles. The van der Waals surface area contributed by atoms with Crippen LogP contribution in [0.25, 0.3) is 16.6 Å². The van der Waals surface area contributed by atoms with Crippen LogP contribution in [0.15, 0.2) is 89.5 Å². The number of nitrogens with zero attached hydrogens (tertiary/aromatic N) is 5. The van der Waals surface area contributed by atoms with Crippen molar-refractivity contribution in [3.05, 3.63) is 111 Å². The number of nitrogens with two attached hydrogens (primary N) is 1. The summed E-state index contributed by atoms with van der Waals surface area (Å²) in [6.07, 6.45) is 6.12. The number of sulfonamides is 1. The number of nitro benzene ring substituents is 1. The number of carbonyl (C=O) groups is 1. The quantitative estimate of drug-likeness (QED) is 0.0710. The first kappa shape index (κ1) is 44.5. The molecule has 9 rings (SSSR count). The summed E-state index contributed by atoms with van der Waals surface area (Å²) in [5.41, 5.74) is 12.6. The molecule has 4 aliphatic rings. The molecule has 0 atom stereocenters. The summed E-state index contributed by atoms with van der Waals surface area (Å²) in [6, 6.07) is 20.9. The molecule has 0 unspecified atom stereocenters. The number of nitrogens with one attached hydrogen (secondary N) is 3. The number of nitro groups is 1. The predicted molar refractivity (Wildman–Crippen MR) is 253 cm³/mol. The predicted octanol–water partition coefficient (Wildman–Crippen LogP) is 7.48. The first-order chi connectivity index (χ1) is 31.1. The van der Waals surface area contributed by atoms with Crippen molar-refractivity contribution in [2.75, 3.05) is 80.8 Å². The summed E-state index contributed by atoms with van der Waals surface area (Å²) < 4.78 is 41.4. The number of hydrogen-bond acceptors (Lipinski definition) is 13. The Hall–Kier alpha value is -5.72. The number of rotatable bonds is 12. The standard InChI is InChI=1S/C47H54ClN9O7S/c1-46(2)13-11-33(38(28-46)31-3-5-34(48)6-4-31)29-54-17-19-55(20-18-54)35-7-9-37(40(26-35)56-21-24-64-45-42(56)25-32-12-16-50-43(32)52-45)44(58)53-65(61,62)36-8-10-39(41(27-36)57(59)60)51-30-47(49)14-22-63-23-15-47/h3-10,12,16,25-27,51H,11,13-15,17-24,28-30,49H2,1-2H3,(H,50,52)(H,53,58). The molecule has 18 heteroatoms. The molecular formula is C47H54ClN9O7S. The van der Waals surface area contributed by atoms with Gasteiger partial charge >= 0.3 is 0 Å². The Kier molecular flexibility index (Phi) is 12.3. The van der Waals surface area contributed by atoms with E-state index in [4.69, 9.17) is 26.8 Å². The summed E-state index contributed by atoms with van der Waals surface area (Å²) in [7, 11) is -4.59. The number of halogens is 1. The number of aromatic nitrogens is 2. The molecule has 342 valence electrons. The third kappa shape index (κ3) is 9.65. The average molecular weight is 925 g/mol. The first-order valence-corrected chi connectivity index (χ1v) is 23.9. The molecule has 5 aromatic rings. The number of H-pyrrole nitrogens is 1. The number of amides is 1. The zero-order valence-corrected chi connectivity index (χ0v) is 38.1. The van der Waals surface area contributed by atoms with E-state index in [1.165, 1.54) is 28.8 Å². The van der Waals surface area contributed by atoms with E-state index in [0.29, 0.717) is 55.5 Å². The number of benzene rings is 3. The molecule has 2 fully saturated rings. The van der Waals surface area contributed by atoms with Crippen LogP contribution in [0.4, 0.5) is 28.4 Å². The molecule has 0 spiro atoms. The van der Waals surface area contributed by atoms with E-state index in [1.54, 1.807) is 12.3 Å². The van der Waals surface area contributed by atoms with Crippen LogP contribution in [0.1, 0.15) is 61.9 Å². The molecule has 16 nitrogen and oxygen atoms in total. The number of hydrogen-bond donors (Lipinski definition) is 4. The Bertz CT molecular complexity index is 2760. The number of fused-ring (bicyclic) bond motifs is 2. The van der Waals surface area contributed by atoms with Crippen molar-refractivity contribution in [3.63, 3.8) is 0 Å². The average Bonchev–Trinajstić information content (AvgIpc) is 3.76. The number of ether oxygens (including phenoxy) is 2. The van der Waals surface area contributed by atoms with E-state index in [9.17, 15) is 23.3 Å². The van der Waals surface area contributed by atoms with Gasteiger partial charge in [0.05, 0.1) is 27.6 Å². The van der Waals surface area contributed by atoms with Gasteiger partial charge in [-0.2, -0.15) is 4.98 Å². The number of carbonyl (C=O) groups excluding carboxylic acids is 1. The molecule has 2 aromatic heterocycles. The number of aromatic amines is 1. The number of allylic oxidation sites excluding steroid dienone is 1. The summed E-state index contributed by atoms with van der Waals surface area (Å²) in [6.45, 7) is 10.5. The number of piperazine rings is 1. The topological polar surface area (TPSA) is 201 Å². The van der Waals surface area contributed by atoms with Crippen LogP contribution in [-0.2, 0) is 14.8 Å². The van der Waals surface area contributed by atoms with Crippen LogP contribution < -0.4 is 30.3 Å². The van der Waals surface area contributed by atoms with Gasteiger partial charge in [0.15, 0.2) is 0 Å². The second-order valence-corrected chi connectivity index (χ2v) is 20.4. The minimum absolute atomic E-state index is 0.0948. The highest BCUT2D eigenvalue weighted by Gasteiger charge is 2.33. The van der Waals surface area contributed by atoms with Gasteiger partial charge in [-0.25, -0.2) is 13.1 Å². The largest absolute Gasteiger partial charge is 0.474 e. The van der Waals surface area contributed by atoms with Gasteiger partial charge in [-0.15, -0.1) is 0 Å². The first-order valence-electron chi connectivity index (χ1n) is 22.1. The molecular weight excluding hydrogens is 870 g/mol. The number of anilines is 4. The molecule has 1 amide bonds. The highest BCUT2D eigenvalue weighted by atomic mass is 35.5. The van der Waals surface area contributed by atoms with Crippen molar-refractivity contribution in [1.82, 2.24) is 19.6 Å². The van der Waals surface area contributed by atoms with Crippen molar-refractivity contribution in [3.8, 4) is 5.88 Å². The molecule has 0 saturated carbocycles. The fourth-order valence-electron chi connectivity index (χ4n) is 9.33. The minimum Gasteiger partial charge on any atom is -0.474 e. The fraction of sp³-hybridized carbons (Fsp3) is 0.404. The smallest absolute Gasteiger partial charge is 0.293 e. The second-order valence-electron chi connectivity index (χ2n) is 18.3. The Labute approximate surface area is 383 Å². The van der Waals surface area contributed by atoms with Gasteiger partial charge in [-0.1, -0.05) is 43.2 Å². The molecule has 5 N–H and O–H groups in total. The van der Waals surface area contributed by atoms with Gasteiger partial charge < -0.3 is 35.3 Å². The van der Waals surface area contributed by atoms with Crippen LogP contribution in [0, 0.1) is 15.5 Å². The molecule has 1 aliphatic carbocycles. The summed E-state index contributed by atoms with van der Waals surface area (Å²) in [4.78, 5) is 40.0. The summed E-state index contributed by atoms with van der Waals surface area (Å²) >= 11 is 6.26. The Balaban J connectivity index is 0.976. The molecule has 3 aliphatic heterocycles. The maximum absolute atomic E-state index is 14.3.